The number of likely N-dealkylation sites (N-methyl/N-ethyl adjacent to an activating group) is 1. The number of amides is 1. The molecule has 0 bridgehead atoms. The van der Waals surface area contributed by atoms with E-state index in [1.54, 1.807) is 17.4 Å². The van der Waals surface area contributed by atoms with Crippen LogP contribution in [0.25, 0.3) is 16.5 Å². The number of rotatable bonds is 7. The van der Waals surface area contributed by atoms with E-state index < -0.39 is 0 Å². The molecule has 2 heterocycles. The predicted octanol–water partition coefficient (Wildman–Crippen LogP) is 3.43. The second-order valence-corrected chi connectivity index (χ2v) is 8.47. The molecule has 27 heavy (non-hydrogen) atoms. The molecular weight excluding hydrogens is 354 g/mol. The normalized spacial score (nSPS) is 17.3. The smallest absolute Gasteiger partial charge is 0.244 e. The van der Waals surface area contributed by atoms with Gasteiger partial charge in [-0.1, -0.05) is 37.3 Å². The topological polar surface area (TPSA) is 35.6 Å². The van der Waals surface area contributed by atoms with E-state index in [1.807, 2.05) is 24.3 Å². The predicted molar refractivity (Wildman–Crippen MR) is 115 cm³/mol. The van der Waals surface area contributed by atoms with Gasteiger partial charge in [0, 0.05) is 55.1 Å². The van der Waals surface area contributed by atoms with Crippen LogP contribution >= 0.6 is 11.3 Å². The number of benzene rings is 1. The van der Waals surface area contributed by atoms with E-state index in [9.17, 15) is 4.79 Å². The highest BCUT2D eigenvalue weighted by Crippen LogP contribution is 2.28. The Labute approximate surface area is 166 Å². The SMILES string of the molecule is CC(CNC(=O)C=Cc1ccc(-c2ccccc2)s1)CN1CCN(C)CC1. The third-order valence-corrected chi connectivity index (χ3v) is 5.97. The van der Waals surface area contributed by atoms with Crippen molar-refractivity contribution in [2.75, 3.05) is 46.3 Å². The van der Waals surface area contributed by atoms with Gasteiger partial charge in [-0.05, 0) is 36.7 Å². The maximum absolute atomic E-state index is 12.1. The number of carbonyl (C=O) groups excluding carboxylic acids is 1. The molecule has 0 aliphatic carbocycles. The van der Waals surface area contributed by atoms with Crippen molar-refractivity contribution in [1.82, 2.24) is 15.1 Å². The lowest BCUT2D eigenvalue weighted by Gasteiger charge is -2.33. The van der Waals surface area contributed by atoms with Crippen molar-refractivity contribution in [2.45, 2.75) is 6.92 Å². The third kappa shape index (κ3) is 6.31. The minimum Gasteiger partial charge on any atom is -0.352 e. The maximum Gasteiger partial charge on any atom is 0.244 e. The number of nitrogens with one attached hydrogen (secondary N) is 1. The monoisotopic (exact) mass is 383 g/mol. The van der Waals surface area contributed by atoms with Gasteiger partial charge in [0.25, 0.3) is 0 Å². The van der Waals surface area contributed by atoms with Crippen molar-refractivity contribution in [3.63, 3.8) is 0 Å². The summed E-state index contributed by atoms with van der Waals surface area (Å²) in [6.07, 6.45) is 3.54. The van der Waals surface area contributed by atoms with Crippen molar-refractivity contribution < 1.29 is 4.79 Å². The molecule has 1 saturated heterocycles. The lowest BCUT2D eigenvalue weighted by Crippen LogP contribution is -2.46. The molecule has 0 spiro atoms. The van der Waals surface area contributed by atoms with Crippen LogP contribution < -0.4 is 5.32 Å². The van der Waals surface area contributed by atoms with E-state index in [1.165, 1.54) is 10.4 Å². The summed E-state index contributed by atoms with van der Waals surface area (Å²) < 4.78 is 0. The van der Waals surface area contributed by atoms with Gasteiger partial charge in [0.05, 0.1) is 0 Å². The van der Waals surface area contributed by atoms with Crippen molar-refractivity contribution >= 4 is 23.3 Å². The average Bonchev–Trinajstić information content (AvgIpc) is 3.16. The molecule has 1 fully saturated rings. The van der Waals surface area contributed by atoms with Crippen LogP contribution in [0.3, 0.4) is 0 Å². The number of hydrogen-bond acceptors (Lipinski definition) is 4. The quantitative estimate of drug-likeness (QED) is 0.744. The summed E-state index contributed by atoms with van der Waals surface area (Å²) in [4.78, 5) is 19.3. The van der Waals surface area contributed by atoms with Gasteiger partial charge in [-0.2, -0.15) is 0 Å². The molecule has 4 nitrogen and oxygen atoms in total. The summed E-state index contributed by atoms with van der Waals surface area (Å²) in [6, 6.07) is 14.5. The fourth-order valence-corrected chi connectivity index (χ4v) is 4.14. The first-order chi connectivity index (χ1) is 13.1. The van der Waals surface area contributed by atoms with E-state index in [0.29, 0.717) is 5.92 Å². The average molecular weight is 384 g/mol. The molecule has 1 atom stereocenters. The van der Waals surface area contributed by atoms with E-state index >= 15 is 0 Å². The third-order valence-electron chi connectivity index (χ3n) is 4.87. The van der Waals surface area contributed by atoms with Gasteiger partial charge in [0.2, 0.25) is 5.91 Å². The molecule has 1 aliphatic heterocycles. The molecule has 1 aliphatic rings. The van der Waals surface area contributed by atoms with E-state index in [-0.39, 0.29) is 5.91 Å². The van der Waals surface area contributed by atoms with Crippen LogP contribution in [0.5, 0.6) is 0 Å². The lowest BCUT2D eigenvalue weighted by atomic mass is 10.1. The van der Waals surface area contributed by atoms with Crippen molar-refractivity contribution in [2.24, 2.45) is 5.92 Å². The molecule has 1 aromatic heterocycles. The largest absolute Gasteiger partial charge is 0.352 e. The summed E-state index contributed by atoms with van der Waals surface area (Å²) in [5, 5.41) is 3.03. The van der Waals surface area contributed by atoms with Gasteiger partial charge < -0.3 is 15.1 Å². The summed E-state index contributed by atoms with van der Waals surface area (Å²) in [6.45, 7) is 8.47. The molecule has 144 valence electrons. The van der Waals surface area contributed by atoms with E-state index in [2.05, 4.69) is 53.4 Å². The molecule has 1 unspecified atom stereocenters. The summed E-state index contributed by atoms with van der Waals surface area (Å²) >= 11 is 1.70. The molecule has 0 radical (unpaired) electrons. The van der Waals surface area contributed by atoms with Crippen molar-refractivity contribution in [3.8, 4) is 10.4 Å². The Morgan fingerprint density at radius 1 is 1.15 bits per heavy atom. The first kappa shape index (κ1) is 19.8. The number of thiophene rings is 1. The molecule has 0 saturated carbocycles. The van der Waals surface area contributed by atoms with E-state index in [0.717, 1.165) is 44.1 Å². The van der Waals surface area contributed by atoms with Gasteiger partial charge in [-0.25, -0.2) is 0 Å². The summed E-state index contributed by atoms with van der Waals surface area (Å²) in [5.74, 6) is 0.437. The van der Waals surface area contributed by atoms with Crippen LogP contribution in [0.2, 0.25) is 0 Å². The second kappa shape index (κ2) is 9.83. The number of carbonyl (C=O) groups is 1. The number of hydrogen-bond donors (Lipinski definition) is 1. The van der Waals surface area contributed by atoms with Crippen LogP contribution in [-0.4, -0.2) is 62.0 Å². The highest BCUT2D eigenvalue weighted by atomic mass is 32.1. The zero-order chi connectivity index (χ0) is 19.1. The molecular formula is C22H29N3OS. The number of nitrogens with zero attached hydrogens (tertiary/aromatic N) is 2. The zero-order valence-electron chi connectivity index (χ0n) is 16.2. The van der Waals surface area contributed by atoms with Gasteiger partial charge in [-0.15, -0.1) is 11.3 Å². The standard InChI is InChI=1S/C22H29N3OS/c1-18(17-25-14-12-24(2)13-15-25)16-23-22(26)11-9-20-8-10-21(27-20)19-6-4-3-5-7-19/h3-11,18H,12-17H2,1-2H3,(H,23,26). The first-order valence-corrected chi connectivity index (χ1v) is 10.4. The molecule has 1 N–H and O–H groups in total. The molecule has 1 amide bonds. The summed E-state index contributed by atoms with van der Waals surface area (Å²) in [5.41, 5.74) is 1.21. The van der Waals surface area contributed by atoms with Gasteiger partial charge in [0.15, 0.2) is 0 Å². The fourth-order valence-electron chi connectivity index (χ4n) is 3.23. The maximum atomic E-state index is 12.1. The Hall–Kier alpha value is -1.95. The van der Waals surface area contributed by atoms with Crippen LogP contribution in [0, 0.1) is 5.92 Å². The van der Waals surface area contributed by atoms with Crippen molar-refractivity contribution in [3.05, 3.63) is 53.4 Å². The van der Waals surface area contributed by atoms with Crippen LogP contribution in [0.15, 0.2) is 48.5 Å². The Balaban J connectivity index is 1.42. The van der Waals surface area contributed by atoms with Crippen LogP contribution in [-0.2, 0) is 4.79 Å². The first-order valence-electron chi connectivity index (χ1n) is 9.62. The molecule has 3 rings (SSSR count). The zero-order valence-corrected chi connectivity index (χ0v) is 17.0. The highest BCUT2D eigenvalue weighted by molar-refractivity contribution is 7.16. The highest BCUT2D eigenvalue weighted by Gasteiger charge is 2.16. The fraction of sp³-hybridized carbons (Fsp3) is 0.409. The Kier molecular flexibility index (Phi) is 7.21. The Bertz CT molecular complexity index is 748. The number of piperazine rings is 1. The van der Waals surface area contributed by atoms with Gasteiger partial charge in [0.1, 0.15) is 0 Å². The molecule has 1 aromatic carbocycles. The molecule has 5 heteroatoms. The van der Waals surface area contributed by atoms with Crippen LogP contribution in [0.4, 0.5) is 0 Å². The minimum atomic E-state index is -0.0186. The molecule has 2 aromatic rings. The lowest BCUT2D eigenvalue weighted by molar-refractivity contribution is -0.116. The van der Waals surface area contributed by atoms with E-state index in [4.69, 9.17) is 0 Å². The van der Waals surface area contributed by atoms with Gasteiger partial charge in [-0.3, -0.25) is 4.79 Å². The van der Waals surface area contributed by atoms with Crippen LogP contribution in [0.1, 0.15) is 11.8 Å². The Morgan fingerprint density at radius 3 is 2.63 bits per heavy atom. The van der Waals surface area contributed by atoms with Gasteiger partial charge >= 0.3 is 0 Å². The summed E-state index contributed by atoms with van der Waals surface area (Å²) in [7, 11) is 2.17. The second-order valence-electron chi connectivity index (χ2n) is 7.36. The minimum absolute atomic E-state index is 0.0186. The van der Waals surface area contributed by atoms with Crippen molar-refractivity contribution in [1.29, 1.82) is 0 Å². The Morgan fingerprint density at radius 2 is 1.89 bits per heavy atom.